The van der Waals surface area contributed by atoms with Crippen molar-refractivity contribution >= 4 is 5.91 Å². The Balaban J connectivity index is 1.72. The molecular formula is C15H26N4O2. The van der Waals surface area contributed by atoms with Crippen molar-refractivity contribution in [3.05, 3.63) is 17.5 Å². The maximum absolute atomic E-state index is 12.0. The maximum Gasteiger partial charge on any atom is 0.224 e. The van der Waals surface area contributed by atoms with Crippen LogP contribution in [0.15, 0.2) is 6.20 Å². The number of hydrogen-bond acceptors (Lipinski definition) is 4. The van der Waals surface area contributed by atoms with E-state index in [-0.39, 0.29) is 11.3 Å². The lowest BCUT2D eigenvalue weighted by atomic mass is 9.89. The van der Waals surface area contributed by atoms with Crippen molar-refractivity contribution in [3.8, 4) is 0 Å². The Labute approximate surface area is 126 Å². The highest BCUT2D eigenvalue weighted by molar-refractivity contribution is 5.76. The largest absolute Gasteiger partial charge is 0.378 e. The molecule has 1 fully saturated rings. The van der Waals surface area contributed by atoms with E-state index < -0.39 is 0 Å². The van der Waals surface area contributed by atoms with Gasteiger partial charge in [0.25, 0.3) is 0 Å². The highest BCUT2D eigenvalue weighted by atomic mass is 16.5. The van der Waals surface area contributed by atoms with Gasteiger partial charge in [-0.3, -0.25) is 9.89 Å². The van der Waals surface area contributed by atoms with Gasteiger partial charge in [-0.15, -0.1) is 0 Å². The quantitative estimate of drug-likeness (QED) is 0.796. The number of morpholine rings is 1. The standard InChI is InChI=1S/C15H26N4O2/c1-15(2,3)14-12(11-17-18-14)10-16-5-4-13(20)19-6-8-21-9-7-19/h11,16H,4-10H2,1-3H3,(H,17,18). The normalized spacial score (nSPS) is 16.2. The van der Waals surface area contributed by atoms with Crippen LogP contribution in [0.2, 0.25) is 0 Å². The topological polar surface area (TPSA) is 70.2 Å². The summed E-state index contributed by atoms with van der Waals surface area (Å²) >= 11 is 0. The van der Waals surface area contributed by atoms with Crippen molar-refractivity contribution in [1.82, 2.24) is 20.4 Å². The van der Waals surface area contributed by atoms with Gasteiger partial charge < -0.3 is 15.0 Å². The molecule has 1 saturated heterocycles. The minimum atomic E-state index is 0.0527. The number of nitrogens with one attached hydrogen (secondary N) is 2. The molecule has 0 unspecified atom stereocenters. The minimum absolute atomic E-state index is 0.0527. The van der Waals surface area contributed by atoms with Gasteiger partial charge in [-0.25, -0.2) is 0 Å². The third kappa shape index (κ3) is 4.54. The van der Waals surface area contributed by atoms with Crippen LogP contribution in [-0.2, 0) is 21.5 Å². The molecule has 1 aromatic heterocycles. The summed E-state index contributed by atoms with van der Waals surface area (Å²) in [7, 11) is 0. The van der Waals surface area contributed by atoms with E-state index in [1.807, 2.05) is 11.1 Å². The van der Waals surface area contributed by atoms with Crippen molar-refractivity contribution in [2.75, 3.05) is 32.8 Å². The van der Waals surface area contributed by atoms with E-state index in [1.54, 1.807) is 0 Å². The first-order valence-corrected chi connectivity index (χ1v) is 7.57. The van der Waals surface area contributed by atoms with Crippen molar-refractivity contribution in [3.63, 3.8) is 0 Å². The van der Waals surface area contributed by atoms with Gasteiger partial charge in [0.1, 0.15) is 0 Å². The second-order valence-corrected chi connectivity index (χ2v) is 6.44. The molecule has 0 spiro atoms. The number of H-pyrrole nitrogens is 1. The number of aromatic nitrogens is 2. The van der Waals surface area contributed by atoms with E-state index in [0.29, 0.717) is 26.2 Å². The van der Waals surface area contributed by atoms with Crippen LogP contribution in [0.3, 0.4) is 0 Å². The van der Waals surface area contributed by atoms with E-state index in [1.165, 1.54) is 5.56 Å². The fourth-order valence-electron chi connectivity index (χ4n) is 2.48. The molecule has 1 aliphatic heterocycles. The summed E-state index contributed by atoms with van der Waals surface area (Å²) in [6, 6.07) is 0. The lowest BCUT2D eigenvalue weighted by Gasteiger charge is -2.26. The van der Waals surface area contributed by atoms with E-state index in [4.69, 9.17) is 4.74 Å². The zero-order valence-corrected chi connectivity index (χ0v) is 13.2. The first kappa shape index (κ1) is 16.0. The molecule has 1 aliphatic rings. The van der Waals surface area contributed by atoms with Crippen LogP contribution in [0.25, 0.3) is 0 Å². The summed E-state index contributed by atoms with van der Waals surface area (Å²) in [4.78, 5) is 13.9. The molecule has 0 aliphatic carbocycles. The van der Waals surface area contributed by atoms with Gasteiger partial charge in [-0.2, -0.15) is 5.10 Å². The predicted molar refractivity (Wildman–Crippen MR) is 81.0 cm³/mol. The number of carbonyl (C=O) groups is 1. The molecule has 0 atom stereocenters. The van der Waals surface area contributed by atoms with E-state index in [0.717, 1.165) is 25.3 Å². The smallest absolute Gasteiger partial charge is 0.224 e. The highest BCUT2D eigenvalue weighted by Crippen LogP contribution is 2.23. The Hall–Kier alpha value is -1.40. The van der Waals surface area contributed by atoms with Crippen LogP contribution in [0.4, 0.5) is 0 Å². The van der Waals surface area contributed by atoms with Crippen LogP contribution in [0.1, 0.15) is 38.4 Å². The van der Waals surface area contributed by atoms with Gasteiger partial charge in [-0.05, 0) is 0 Å². The molecule has 2 heterocycles. The lowest BCUT2D eigenvalue weighted by molar-refractivity contribution is -0.135. The number of ether oxygens (including phenoxy) is 1. The number of hydrogen-bond donors (Lipinski definition) is 2. The molecule has 0 radical (unpaired) electrons. The Morgan fingerprint density at radius 2 is 2.14 bits per heavy atom. The van der Waals surface area contributed by atoms with Crippen LogP contribution in [0, 0.1) is 0 Å². The predicted octanol–water partition coefficient (Wildman–Crippen LogP) is 1.05. The fourth-order valence-corrected chi connectivity index (χ4v) is 2.48. The summed E-state index contributed by atoms with van der Waals surface area (Å²) in [5.74, 6) is 0.203. The van der Waals surface area contributed by atoms with E-state index in [2.05, 4.69) is 36.3 Å². The van der Waals surface area contributed by atoms with Gasteiger partial charge in [0.05, 0.1) is 19.4 Å². The lowest BCUT2D eigenvalue weighted by Crippen LogP contribution is -2.41. The van der Waals surface area contributed by atoms with Gasteiger partial charge in [0, 0.05) is 49.3 Å². The van der Waals surface area contributed by atoms with Gasteiger partial charge >= 0.3 is 0 Å². The molecule has 2 rings (SSSR count). The zero-order valence-electron chi connectivity index (χ0n) is 13.2. The number of aromatic amines is 1. The summed E-state index contributed by atoms with van der Waals surface area (Å²) in [6.45, 7) is 10.6. The molecule has 2 N–H and O–H groups in total. The molecule has 21 heavy (non-hydrogen) atoms. The van der Waals surface area contributed by atoms with Crippen molar-refractivity contribution < 1.29 is 9.53 Å². The first-order valence-electron chi connectivity index (χ1n) is 7.57. The number of rotatable bonds is 5. The molecule has 0 bridgehead atoms. The number of amides is 1. The zero-order chi connectivity index (χ0) is 15.3. The Kier molecular flexibility index (Phi) is 5.36. The van der Waals surface area contributed by atoms with Crippen molar-refractivity contribution in [2.24, 2.45) is 0 Å². The Morgan fingerprint density at radius 3 is 2.81 bits per heavy atom. The fraction of sp³-hybridized carbons (Fsp3) is 0.733. The molecule has 1 amide bonds. The first-order chi connectivity index (χ1) is 9.98. The Bertz CT molecular complexity index is 458. The number of nitrogens with zero attached hydrogens (tertiary/aromatic N) is 2. The monoisotopic (exact) mass is 294 g/mol. The molecule has 6 nitrogen and oxygen atoms in total. The highest BCUT2D eigenvalue weighted by Gasteiger charge is 2.20. The molecule has 6 heteroatoms. The molecular weight excluding hydrogens is 268 g/mol. The molecule has 0 saturated carbocycles. The third-order valence-electron chi connectivity index (χ3n) is 3.66. The van der Waals surface area contributed by atoms with Crippen molar-refractivity contribution in [2.45, 2.75) is 39.2 Å². The van der Waals surface area contributed by atoms with Crippen LogP contribution >= 0.6 is 0 Å². The molecule has 118 valence electrons. The van der Waals surface area contributed by atoms with E-state index >= 15 is 0 Å². The summed E-state index contributed by atoms with van der Waals surface area (Å²) in [6.07, 6.45) is 2.39. The van der Waals surface area contributed by atoms with Crippen LogP contribution < -0.4 is 5.32 Å². The van der Waals surface area contributed by atoms with Gasteiger partial charge in [0.15, 0.2) is 0 Å². The molecule has 1 aromatic rings. The average Bonchev–Trinajstić information content (AvgIpc) is 2.93. The summed E-state index contributed by atoms with van der Waals surface area (Å²) < 4.78 is 5.25. The van der Waals surface area contributed by atoms with Gasteiger partial charge in [-0.1, -0.05) is 20.8 Å². The second-order valence-electron chi connectivity index (χ2n) is 6.44. The molecule has 0 aromatic carbocycles. The summed E-state index contributed by atoms with van der Waals surface area (Å²) in [5.41, 5.74) is 2.37. The van der Waals surface area contributed by atoms with E-state index in [9.17, 15) is 4.79 Å². The average molecular weight is 294 g/mol. The maximum atomic E-state index is 12.0. The Morgan fingerprint density at radius 1 is 1.43 bits per heavy atom. The van der Waals surface area contributed by atoms with Crippen LogP contribution in [-0.4, -0.2) is 53.9 Å². The van der Waals surface area contributed by atoms with Crippen molar-refractivity contribution in [1.29, 1.82) is 0 Å². The van der Waals surface area contributed by atoms with Crippen LogP contribution in [0.5, 0.6) is 0 Å². The minimum Gasteiger partial charge on any atom is -0.378 e. The third-order valence-corrected chi connectivity index (χ3v) is 3.66. The second kappa shape index (κ2) is 7.04. The number of carbonyl (C=O) groups excluding carboxylic acids is 1. The van der Waals surface area contributed by atoms with Gasteiger partial charge in [0.2, 0.25) is 5.91 Å². The SMILES string of the molecule is CC(C)(C)c1[nH]ncc1CNCCC(=O)N1CCOCC1. The summed E-state index contributed by atoms with van der Waals surface area (Å²) in [5, 5.41) is 10.5.